The number of carbonyl (C=O) groups is 1. The molecule has 0 bridgehead atoms. The first-order chi connectivity index (χ1) is 15.8. The van der Waals surface area contributed by atoms with Gasteiger partial charge in [-0.3, -0.25) is 13.9 Å². The van der Waals surface area contributed by atoms with Crippen LogP contribution < -0.4 is 15.9 Å². The van der Waals surface area contributed by atoms with Gasteiger partial charge in [-0.2, -0.15) is 13.2 Å². The highest BCUT2D eigenvalue weighted by molar-refractivity contribution is 5.92. The number of hydrogen-bond donors (Lipinski definition) is 1. The van der Waals surface area contributed by atoms with Crippen LogP contribution in [0.3, 0.4) is 0 Å². The third kappa shape index (κ3) is 4.75. The van der Waals surface area contributed by atoms with E-state index >= 15 is 0 Å². The number of rotatable bonds is 6. The van der Waals surface area contributed by atoms with E-state index in [0.717, 1.165) is 11.6 Å². The minimum absolute atomic E-state index is 0.0609. The fraction of sp³-hybridized carbons (Fsp3) is 0.391. The molecule has 2 heterocycles. The van der Waals surface area contributed by atoms with E-state index in [1.165, 1.54) is 10.6 Å². The van der Waals surface area contributed by atoms with Gasteiger partial charge in [0.15, 0.2) is 0 Å². The average molecular weight is 462 g/mol. The molecular formula is C23H25F3N4O3. The van der Waals surface area contributed by atoms with Gasteiger partial charge in [-0.05, 0) is 37.3 Å². The van der Waals surface area contributed by atoms with Crippen LogP contribution in [0.5, 0.6) is 0 Å². The molecule has 1 aliphatic rings. The Labute approximate surface area is 188 Å². The van der Waals surface area contributed by atoms with Crippen molar-refractivity contribution in [2.45, 2.75) is 32.6 Å². The number of aryl methyl sites for hydroxylation is 2. The van der Waals surface area contributed by atoms with Gasteiger partial charge in [0.05, 0.1) is 35.5 Å². The lowest BCUT2D eigenvalue weighted by Crippen LogP contribution is -2.36. The number of benzene rings is 2. The summed E-state index contributed by atoms with van der Waals surface area (Å²) in [5.74, 6) is -0.597. The van der Waals surface area contributed by atoms with E-state index in [1.807, 2.05) is 24.0 Å². The van der Waals surface area contributed by atoms with Gasteiger partial charge in [-0.15, -0.1) is 0 Å². The van der Waals surface area contributed by atoms with Crippen LogP contribution in [0.4, 0.5) is 24.5 Å². The van der Waals surface area contributed by atoms with E-state index in [0.29, 0.717) is 44.1 Å². The van der Waals surface area contributed by atoms with Crippen molar-refractivity contribution in [3.63, 3.8) is 0 Å². The monoisotopic (exact) mass is 462 g/mol. The van der Waals surface area contributed by atoms with Gasteiger partial charge in [0.2, 0.25) is 5.91 Å². The Hall–Kier alpha value is -3.27. The number of aromatic nitrogens is 2. The molecule has 2 aromatic carbocycles. The van der Waals surface area contributed by atoms with Crippen molar-refractivity contribution >= 4 is 28.3 Å². The maximum Gasteiger partial charge on any atom is 0.418 e. The van der Waals surface area contributed by atoms with Gasteiger partial charge >= 0.3 is 11.9 Å². The minimum atomic E-state index is -4.63. The molecule has 176 valence electrons. The van der Waals surface area contributed by atoms with Crippen LogP contribution >= 0.6 is 0 Å². The Kier molecular flexibility index (Phi) is 6.46. The van der Waals surface area contributed by atoms with Crippen molar-refractivity contribution in [2.24, 2.45) is 0 Å². The summed E-state index contributed by atoms with van der Waals surface area (Å²) in [7, 11) is 0. The van der Waals surface area contributed by atoms with Crippen LogP contribution in [-0.2, 0) is 28.8 Å². The van der Waals surface area contributed by atoms with Crippen LogP contribution in [0, 0.1) is 0 Å². The van der Waals surface area contributed by atoms with E-state index in [-0.39, 0.29) is 24.3 Å². The third-order valence-electron chi connectivity index (χ3n) is 5.76. The first-order valence-corrected chi connectivity index (χ1v) is 10.8. The number of carbonyl (C=O) groups excluding carboxylic acids is 1. The maximum atomic E-state index is 13.7. The van der Waals surface area contributed by atoms with Crippen LogP contribution in [-0.4, -0.2) is 41.3 Å². The number of nitrogens with zero attached hydrogens (tertiary/aromatic N) is 3. The van der Waals surface area contributed by atoms with E-state index in [9.17, 15) is 22.8 Å². The summed E-state index contributed by atoms with van der Waals surface area (Å²) in [6, 6.07) is 11.1. The summed E-state index contributed by atoms with van der Waals surface area (Å²) in [6.45, 7) is 4.30. The standard InChI is InChI=1S/C23H25F3N4O3/c1-2-29-19-5-3-4-6-20(19)30(22(29)32)10-9-21(31)27-18-8-7-16(15-17(18)23(24,25)26)28-11-13-33-14-12-28/h3-8,15H,2,9-14H2,1H3,(H,27,31). The van der Waals surface area contributed by atoms with Gasteiger partial charge in [-0.1, -0.05) is 12.1 Å². The second kappa shape index (κ2) is 9.30. The summed E-state index contributed by atoms with van der Waals surface area (Å²) in [5.41, 5.74) is 0.416. The van der Waals surface area contributed by atoms with E-state index in [2.05, 4.69) is 5.32 Å². The van der Waals surface area contributed by atoms with Crippen molar-refractivity contribution in [3.8, 4) is 0 Å². The molecule has 0 unspecified atom stereocenters. The summed E-state index contributed by atoms with van der Waals surface area (Å²) in [6.07, 6.45) is -4.77. The Morgan fingerprint density at radius 3 is 2.36 bits per heavy atom. The molecule has 1 saturated heterocycles. The quantitative estimate of drug-likeness (QED) is 0.607. The Balaban J connectivity index is 1.52. The fourth-order valence-corrected chi connectivity index (χ4v) is 4.11. The van der Waals surface area contributed by atoms with E-state index in [4.69, 9.17) is 4.74 Å². The number of amides is 1. The highest BCUT2D eigenvalue weighted by Gasteiger charge is 2.35. The molecule has 10 heteroatoms. The number of morpholine rings is 1. The number of halogens is 3. The van der Waals surface area contributed by atoms with Gasteiger partial charge in [0.25, 0.3) is 0 Å². The molecule has 0 spiro atoms. The highest BCUT2D eigenvalue weighted by Crippen LogP contribution is 2.37. The summed E-state index contributed by atoms with van der Waals surface area (Å²) in [4.78, 5) is 27.1. The van der Waals surface area contributed by atoms with E-state index < -0.39 is 17.6 Å². The third-order valence-corrected chi connectivity index (χ3v) is 5.76. The van der Waals surface area contributed by atoms with Crippen LogP contribution in [0.25, 0.3) is 11.0 Å². The largest absolute Gasteiger partial charge is 0.418 e. The lowest BCUT2D eigenvalue weighted by atomic mass is 10.1. The second-order valence-electron chi connectivity index (χ2n) is 7.79. The highest BCUT2D eigenvalue weighted by atomic mass is 19.4. The second-order valence-corrected chi connectivity index (χ2v) is 7.79. The van der Waals surface area contributed by atoms with Gasteiger partial charge in [0, 0.05) is 38.3 Å². The number of anilines is 2. The first kappa shape index (κ1) is 22.9. The maximum absolute atomic E-state index is 13.7. The summed E-state index contributed by atoms with van der Waals surface area (Å²) < 4.78 is 49.5. The molecule has 7 nitrogen and oxygen atoms in total. The van der Waals surface area contributed by atoms with E-state index in [1.54, 1.807) is 22.8 Å². The zero-order valence-corrected chi connectivity index (χ0v) is 18.2. The number of para-hydroxylation sites is 2. The Bertz CT molecular complexity index is 1210. The molecule has 1 fully saturated rings. The molecule has 4 rings (SSSR count). The van der Waals surface area contributed by atoms with Crippen molar-refractivity contribution in [3.05, 3.63) is 58.5 Å². The summed E-state index contributed by atoms with van der Waals surface area (Å²) in [5, 5.41) is 2.38. The van der Waals surface area contributed by atoms with Gasteiger partial charge in [0.1, 0.15) is 0 Å². The van der Waals surface area contributed by atoms with Crippen LogP contribution in [0.15, 0.2) is 47.3 Å². The molecule has 1 aromatic heterocycles. The molecular weight excluding hydrogens is 437 g/mol. The summed E-state index contributed by atoms with van der Waals surface area (Å²) >= 11 is 0. The Morgan fingerprint density at radius 2 is 1.73 bits per heavy atom. The average Bonchev–Trinajstić information content (AvgIpc) is 3.08. The van der Waals surface area contributed by atoms with Gasteiger partial charge in [-0.25, -0.2) is 4.79 Å². The molecule has 0 aliphatic carbocycles. The number of nitrogens with one attached hydrogen (secondary N) is 1. The molecule has 0 atom stereocenters. The zero-order valence-electron chi connectivity index (χ0n) is 18.2. The van der Waals surface area contributed by atoms with Crippen molar-refractivity contribution < 1.29 is 22.7 Å². The molecule has 1 aliphatic heterocycles. The van der Waals surface area contributed by atoms with Crippen LogP contribution in [0.1, 0.15) is 18.9 Å². The number of alkyl halides is 3. The van der Waals surface area contributed by atoms with Crippen molar-refractivity contribution in [2.75, 3.05) is 36.5 Å². The van der Waals surface area contributed by atoms with Crippen molar-refractivity contribution in [1.82, 2.24) is 9.13 Å². The lowest BCUT2D eigenvalue weighted by molar-refractivity contribution is -0.136. The number of fused-ring (bicyclic) bond motifs is 1. The molecule has 1 N–H and O–H groups in total. The smallest absolute Gasteiger partial charge is 0.378 e. The minimum Gasteiger partial charge on any atom is -0.378 e. The van der Waals surface area contributed by atoms with Crippen molar-refractivity contribution in [1.29, 1.82) is 0 Å². The van der Waals surface area contributed by atoms with Crippen LogP contribution in [0.2, 0.25) is 0 Å². The topological polar surface area (TPSA) is 68.5 Å². The predicted octanol–water partition coefficient (Wildman–Crippen LogP) is 3.71. The molecule has 33 heavy (non-hydrogen) atoms. The number of ether oxygens (including phenoxy) is 1. The normalized spacial score (nSPS) is 14.6. The van der Waals surface area contributed by atoms with Gasteiger partial charge < -0.3 is 15.0 Å². The number of hydrogen-bond acceptors (Lipinski definition) is 4. The molecule has 0 radical (unpaired) electrons. The first-order valence-electron chi connectivity index (χ1n) is 10.8. The molecule has 1 amide bonds. The zero-order chi connectivity index (χ0) is 23.6. The predicted molar refractivity (Wildman–Crippen MR) is 120 cm³/mol. The Morgan fingerprint density at radius 1 is 1.06 bits per heavy atom. The lowest BCUT2D eigenvalue weighted by Gasteiger charge is -2.29. The molecule has 0 saturated carbocycles. The molecule has 3 aromatic rings. The number of imidazole rings is 1. The SMILES string of the molecule is CCn1c(=O)n(CCC(=O)Nc2ccc(N3CCOCC3)cc2C(F)(F)F)c2ccccc21. The fourth-order valence-electron chi connectivity index (χ4n) is 4.11.